The van der Waals surface area contributed by atoms with Gasteiger partial charge >= 0.3 is 0 Å². The number of phenolic OH excluding ortho intramolecular Hbond substituents is 1. The van der Waals surface area contributed by atoms with Gasteiger partial charge in [-0.05, 0) is 30.3 Å². The molecule has 14 heavy (non-hydrogen) atoms. The van der Waals surface area contributed by atoms with Crippen LogP contribution in [0.3, 0.4) is 0 Å². The summed E-state index contributed by atoms with van der Waals surface area (Å²) in [5.74, 6) is 0.216. The third-order valence-corrected chi connectivity index (χ3v) is 3.30. The monoisotopic (exact) mass is 244 g/mol. The van der Waals surface area contributed by atoms with Crippen molar-refractivity contribution in [3.63, 3.8) is 0 Å². The van der Waals surface area contributed by atoms with Gasteiger partial charge < -0.3 is 5.11 Å². The molecule has 1 nitrogen and oxygen atoms in total. The molecule has 4 heteroatoms. The number of hydrogen-bond acceptors (Lipinski definition) is 2. The van der Waals surface area contributed by atoms with E-state index in [1.54, 1.807) is 24.3 Å². The molecular weight excluding hydrogens is 239 g/mol. The summed E-state index contributed by atoms with van der Waals surface area (Å²) in [4.78, 5) is 0.912. The zero-order chi connectivity index (χ0) is 10.1. The van der Waals surface area contributed by atoms with Gasteiger partial charge in [-0.25, -0.2) is 0 Å². The molecule has 1 heterocycles. The molecule has 0 radical (unpaired) electrons. The Kier molecular flexibility index (Phi) is 2.68. The molecular formula is C10H6Cl2OS. The lowest BCUT2D eigenvalue weighted by atomic mass is 10.2. The van der Waals surface area contributed by atoms with E-state index in [2.05, 4.69) is 0 Å². The van der Waals surface area contributed by atoms with Crippen molar-refractivity contribution in [3.05, 3.63) is 39.7 Å². The lowest BCUT2D eigenvalue weighted by molar-refractivity contribution is 0.477. The van der Waals surface area contributed by atoms with Gasteiger partial charge in [0.15, 0.2) is 0 Å². The second-order valence-electron chi connectivity index (χ2n) is 2.77. The van der Waals surface area contributed by atoms with Crippen LogP contribution in [0, 0.1) is 0 Å². The molecule has 0 atom stereocenters. The van der Waals surface area contributed by atoms with Gasteiger partial charge in [-0.1, -0.05) is 23.2 Å². The average Bonchev–Trinajstić information content (AvgIpc) is 2.56. The molecule has 1 aromatic heterocycles. The number of aromatic hydroxyl groups is 1. The molecule has 1 aromatic carbocycles. The topological polar surface area (TPSA) is 20.2 Å². The van der Waals surface area contributed by atoms with Crippen LogP contribution in [-0.4, -0.2) is 5.11 Å². The maximum atomic E-state index is 9.60. The highest BCUT2D eigenvalue weighted by molar-refractivity contribution is 7.19. The molecule has 0 bridgehead atoms. The van der Waals surface area contributed by atoms with E-state index in [4.69, 9.17) is 23.2 Å². The van der Waals surface area contributed by atoms with E-state index in [-0.39, 0.29) is 5.75 Å². The minimum Gasteiger partial charge on any atom is -0.507 e. The van der Waals surface area contributed by atoms with Gasteiger partial charge in [0, 0.05) is 15.5 Å². The lowest BCUT2D eigenvalue weighted by Gasteiger charge is -2.01. The van der Waals surface area contributed by atoms with E-state index >= 15 is 0 Å². The van der Waals surface area contributed by atoms with E-state index < -0.39 is 0 Å². The van der Waals surface area contributed by atoms with E-state index in [1.165, 1.54) is 11.3 Å². The maximum absolute atomic E-state index is 9.60. The second-order valence-corrected chi connectivity index (χ2v) is 4.92. The van der Waals surface area contributed by atoms with E-state index in [9.17, 15) is 5.11 Å². The molecule has 0 unspecified atom stereocenters. The molecule has 2 rings (SSSR count). The minimum absolute atomic E-state index is 0.216. The highest BCUT2D eigenvalue weighted by atomic mass is 35.5. The molecule has 0 aliphatic carbocycles. The Balaban J connectivity index is 2.55. The van der Waals surface area contributed by atoms with Crippen molar-refractivity contribution in [2.75, 3.05) is 0 Å². The fourth-order valence-electron chi connectivity index (χ4n) is 1.16. The number of benzene rings is 1. The first kappa shape index (κ1) is 9.84. The van der Waals surface area contributed by atoms with Crippen LogP contribution in [0.1, 0.15) is 0 Å². The van der Waals surface area contributed by atoms with Crippen LogP contribution in [0.15, 0.2) is 30.3 Å². The van der Waals surface area contributed by atoms with Crippen molar-refractivity contribution < 1.29 is 5.11 Å². The zero-order valence-electron chi connectivity index (χ0n) is 7.00. The highest BCUT2D eigenvalue weighted by Gasteiger charge is 2.07. The van der Waals surface area contributed by atoms with Crippen LogP contribution in [-0.2, 0) is 0 Å². The molecule has 1 N–H and O–H groups in total. The number of phenols is 1. The summed E-state index contributed by atoms with van der Waals surface area (Å²) in [7, 11) is 0. The van der Waals surface area contributed by atoms with Crippen molar-refractivity contribution in [1.29, 1.82) is 0 Å². The van der Waals surface area contributed by atoms with Gasteiger partial charge in [0.2, 0.25) is 0 Å². The standard InChI is InChI=1S/C10H6Cl2OS/c11-6-1-2-8(13)7(5-6)9-3-4-10(12)14-9/h1-5,13H. The second kappa shape index (κ2) is 3.81. The fourth-order valence-corrected chi connectivity index (χ4v) is 2.40. The van der Waals surface area contributed by atoms with Crippen molar-refractivity contribution in [2.24, 2.45) is 0 Å². The molecule has 0 fully saturated rings. The first-order valence-corrected chi connectivity index (χ1v) is 5.48. The fraction of sp³-hybridized carbons (Fsp3) is 0. The van der Waals surface area contributed by atoms with Crippen LogP contribution in [0.5, 0.6) is 5.75 Å². The summed E-state index contributed by atoms with van der Waals surface area (Å²) < 4.78 is 0.694. The summed E-state index contributed by atoms with van der Waals surface area (Å²) in [6.45, 7) is 0. The zero-order valence-corrected chi connectivity index (χ0v) is 9.33. The molecule has 0 spiro atoms. The third-order valence-electron chi connectivity index (χ3n) is 1.80. The molecule has 0 aliphatic rings. The SMILES string of the molecule is Oc1ccc(Cl)cc1-c1ccc(Cl)s1. The quantitative estimate of drug-likeness (QED) is 0.788. The summed E-state index contributed by atoms with van der Waals surface area (Å²) in [6.07, 6.45) is 0. The van der Waals surface area contributed by atoms with Crippen LogP contribution in [0.4, 0.5) is 0 Å². The van der Waals surface area contributed by atoms with Crippen molar-refractivity contribution >= 4 is 34.5 Å². The molecule has 0 saturated carbocycles. The Morgan fingerprint density at radius 2 is 1.86 bits per heavy atom. The van der Waals surface area contributed by atoms with Crippen LogP contribution < -0.4 is 0 Å². The maximum Gasteiger partial charge on any atom is 0.124 e. The predicted octanol–water partition coefficient (Wildman–Crippen LogP) is 4.43. The molecule has 0 amide bonds. The summed E-state index contributed by atoms with van der Waals surface area (Å²) in [5, 5.41) is 10.2. The molecule has 0 saturated heterocycles. The van der Waals surface area contributed by atoms with E-state index in [1.807, 2.05) is 6.07 Å². The Morgan fingerprint density at radius 1 is 1.07 bits per heavy atom. The third kappa shape index (κ3) is 1.87. The van der Waals surface area contributed by atoms with Gasteiger partial charge in [-0.3, -0.25) is 0 Å². The van der Waals surface area contributed by atoms with Gasteiger partial charge in [0.05, 0.1) is 4.34 Å². The summed E-state index contributed by atoms with van der Waals surface area (Å²) in [5.41, 5.74) is 0.717. The largest absolute Gasteiger partial charge is 0.507 e. The van der Waals surface area contributed by atoms with Gasteiger partial charge in [0.1, 0.15) is 5.75 Å². The van der Waals surface area contributed by atoms with Gasteiger partial charge in [0.25, 0.3) is 0 Å². The lowest BCUT2D eigenvalue weighted by Crippen LogP contribution is -1.74. The summed E-state index contributed by atoms with van der Waals surface area (Å²) >= 11 is 13.1. The minimum atomic E-state index is 0.216. The van der Waals surface area contributed by atoms with Crippen molar-refractivity contribution in [1.82, 2.24) is 0 Å². The Hall–Kier alpha value is -0.700. The summed E-state index contributed by atoms with van der Waals surface area (Å²) in [6, 6.07) is 8.60. The number of halogens is 2. The number of hydrogen-bond donors (Lipinski definition) is 1. The van der Waals surface area contributed by atoms with Crippen LogP contribution in [0.2, 0.25) is 9.36 Å². The normalized spacial score (nSPS) is 10.4. The van der Waals surface area contributed by atoms with E-state index in [0.29, 0.717) is 9.36 Å². The van der Waals surface area contributed by atoms with E-state index in [0.717, 1.165) is 10.4 Å². The highest BCUT2D eigenvalue weighted by Crippen LogP contribution is 2.37. The van der Waals surface area contributed by atoms with Crippen molar-refractivity contribution in [3.8, 4) is 16.2 Å². The Morgan fingerprint density at radius 3 is 2.50 bits per heavy atom. The van der Waals surface area contributed by atoms with Crippen LogP contribution >= 0.6 is 34.5 Å². The number of thiophene rings is 1. The Bertz CT molecular complexity index is 465. The van der Waals surface area contributed by atoms with Gasteiger partial charge in [-0.2, -0.15) is 0 Å². The van der Waals surface area contributed by atoms with Crippen LogP contribution in [0.25, 0.3) is 10.4 Å². The first-order valence-electron chi connectivity index (χ1n) is 3.91. The average molecular weight is 245 g/mol. The smallest absolute Gasteiger partial charge is 0.124 e. The first-order chi connectivity index (χ1) is 6.66. The number of rotatable bonds is 1. The van der Waals surface area contributed by atoms with Gasteiger partial charge in [-0.15, -0.1) is 11.3 Å². The molecule has 0 aliphatic heterocycles. The predicted molar refractivity (Wildman–Crippen MR) is 61.4 cm³/mol. The molecule has 72 valence electrons. The van der Waals surface area contributed by atoms with Crippen molar-refractivity contribution in [2.45, 2.75) is 0 Å². The molecule has 2 aromatic rings. The Labute approximate surface area is 95.5 Å².